The molecule has 0 aliphatic rings. The first-order valence-electron chi connectivity index (χ1n) is 3.71. The molecule has 1 aromatic rings. The van der Waals surface area contributed by atoms with E-state index < -0.39 is 0 Å². The fourth-order valence-electron chi connectivity index (χ4n) is 0.946. The fraction of sp³-hybridized carbons (Fsp3) is 0.333. The summed E-state index contributed by atoms with van der Waals surface area (Å²) in [5.41, 5.74) is 1.26. The highest BCUT2D eigenvalue weighted by Crippen LogP contribution is 2.08. The molecule has 0 amide bonds. The van der Waals surface area contributed by atoms with Crippen LogP contribution in [0.4, 0.5) is 0 Å². The summed E-state index contributed by atoms with van der Waals surface area (Å²) < 4.78 is 0. The van der Waals surface area contributed by atoms with Crippen molar-refractivity contribution in [2.24, 2.45) is 0 Å². The first-order chi connectivity index (χ1) is 5.33. The third-order valence-electron chi connectivity index (χ3n) is 1.56. The van der Waals surface area contributed by atoms with Crippen LogP contribution in [0.1, 0.15) is 12.0 Å². The number of hydrogen-bond acceptors (Lipinski definition) is 2. The van der Waals surface area contributed by atoms with Gasteiger partial charge in [-0.05, 0) is 30.5 Å². The van der Waals surface area contributed by atoms with E-state index in [-0.39, 0.29) is 6.61 Å². The van der Waals surface area contributed by atoms with E-state index in [0.29, 0.717) is 0 Å². The Morgan fingerprint density at radius 1 is 1.18 bits per heavy atom. The highest BCUT2D eigenvalue weighted by Gasteiger charge is 1.90. The topological polar surface area (TPSA) is 20.2 Å². The average molecular weight is 168 g/mol. The Hall–Kier alpha value is -0.470. The van der Waals surface area contributed by atoms with Gasteiger partial charge in [-0.1, -0.05) is 12.1 Å². The Labute approximate surface area is 72.5 Å². The summed E-state index contributed by atoms with van der Waals surface area (Å²) in [4.78, 5) is 0.984. The number of aliphatic hydroxyl groups excluding tert-OH is 1. The number of benzene rings is 1. The summed E-state index contributed by atoms with van der Waals surface area (Å²) in [6.07, 6.45) is 1.79. The van der Waals surface area contributed by atoms with Gasteiger partial charge in [0.1, 0.15) is 0 Å². The van der Waals surface area contributed by atoms with Crippen LogP contribution >= 0.6 is 12.6 Å². The van der Waals surface area contributed by atoms with Gasteiger partial charge in [0.2, 0.25) is 0 Å². The van der Waals surface area contributed by atoms with Crippen molar-refractivity contribution >= 4 is 12.6 Å². The van der Waals surface area contributed by atoms with E-state index in [1.54, 1.807) is 0 Å². The Morgan fingerprint density at radius 3 is 2.36 bits per heavy atom. The number of thiol groups is 1. The molecule has 0 aliphatic carbocycles. The highest BCUT2D eigenvalue weighted by molar-refractivity contribution is 7.80. The average Bonchev–Trinajstić information content (AvgIpc) is 2.04. The van der Waals surface area contributed by atoms with Crippen LogP contribution in [0.15, 0.2) is 29.2 Å². The van der Waals surface area contributed by atoms with Crippen LogP contribution in [0, 0.1) is 0 Å². The van der Waals surface area contributed by atoms with E-state index in [1.807, 2.05) is 24.3 Å². The van der Waals surface area contributed by atoms with Gasteiger partial charge in [-0.15, -0.1) is 12.6 Å². The largest absolute Gasteiger partial charge is 0.396 e. The third kappa shape index (κ3) is 2.95. The number of aryl methyl sites for hydroxylation is 1. The molecule has 0 heterocycles. The van der Waals surface area contributed by atoms with E-state index in [2.05, 4.69) is 12.6 Å². The van der Waals surface area contributed by atoms with Gasteiger partial charge in [-0.2, -0.15) is 0 Å². The molecule has 0 fully saturated rings. The van der Waals surface area contributed by atoms with Crippen LogP contribution in [-0.2, 0) is 6.42 Å². The Bertz CT molecular complexity index is 205. The predicted octanol–water partition coefficient (Wildman–Crippen LogP) is 1.90. The summed E-state index contributed by atoms with van der Waals surface area (Å²) in [5.74, 6) is 0. The van der Waals surface area contributed by atoms with Gasteiger partial charge in [-0.3, -0.25) is 0 Å². The van der Waals surface area contributed by atoms with Gasteiger partial charge in [0.05, 0.1) is 0 Å². The molecule has 0 aromatic heterocycles. The van der Waals surface area contributed by atoms with Crippen LogP contribution < -0.4 is 0 Å². The van der Waals surface area contributed by atoms with Crippen molar-refractivity contribution in [2.75, 3.05) is 6.61 Å². The molecule has 1 nitrogen and oxygen atoms in total. The zero-order chi connectivity index (χ0) is 8.10. The fourth-order valence-corrected chi connectivity index (χ4v) is 1.09. The Balaban J connectivity index is 2.52. The van der Waals surface area contributed by atoms with Gasteiger partial charge < -0.3 is 5.11 Å². The van der Waals surface area contributed by atoms with Crippen LogP contribution in [-0.4, -0.2) is 11.7 Å². The van der Waals surface area contributed by atoms with Crippen LogP contribution in [0.3, 0.4) is 0 Å². The molecule has 0 saturated heterocycles. The summed E-state index contributed by atoms with van der Waals surface area (Å²) >= 11 is 4.17. The zero-order valence-corrected chi connectivity index (χ0v) is 7.22. The lowest BCUT2D eigenvalue weighted by Gasteiger charge is -1.98. The van der Waals surface area contributed by atoms with E-state index in [9.17, 15) is 0 Å². The quantitative estimate of drug-likeness (QED) is 0.660. The first-order valence-corrected chi connectivity index (χ1v) is 4.16. The van der Waals surface area contributed by atoms with Crippen molar-refractivity contribution in [3.05, 3.63) is 29.8 Å². The second-order valence-corrected chi connectivity index (χ2v) is 3.01. The molecule has 1 aromatic carbocycles. The Morgan fingerprint density at radius 2 is 1.82 bits per heavy atom. The molecular weight excluding hydrogens is 156 g/mol. The highest BCUT2D eigenvalue weighted by atomic mass is 32.1. The first kappa shape index (κ1) is 8.62. The summed E-state index contributed by atoms with van der Waals surface area (Å²) in [6, 6.07) is 8.02. The van der Waals surface area contributed by atoms with Gasteiger partial charge >= 0.3 is 0 Å². The van der Waals surface area contributed by atoms with Gasteiger partial charge in [0, 0.05) is 11.5 Å². The number of hydrogen-bond donors (Lipinski definition) is 2. The number of rotatable bonds is 3. The summed E-state index contributed by atoms with van der Waals surface area (Å²) in [6.45, 7) is 0.266. The standard InChI is InChI=1S/C9H12OS/c10-7-1-2-8-3-5-9(11)6-4-8/h3-6,10-11H,1-2,7H2. The molecule has 60 valence electrons. The molecule has 0 bridgehead atoms. The van der Waals surface area contributed by atoms with Crippen molar-refractivity contribution < 1.29 is 5.11 Å². The SMILES string of the molecule is OCCCc1ccc(S)cc1. The third-order valence-corrected chi connectivity index (χ3v) is 1.86. The smallest absolute Gasteiger partial charge is 0.0434 e. The molecule has 2 heteroatoms. The van der Waals surface area contributed by atoms with Gasteiger partial charge in [0.25, 0.3) is 0 Å². The van der Waals surface area contributed by atoms with Crippen LogP contribution in [0.5, 0.6) is 0 Å². The molecule has 0 saturated carbocycles. The lowest BCUT2D eigenvalue weighted by molar-refractivity contribution is 0.288. The monoisotopic (exact) mass is 168 g/mol. The summed E-state index contributed by atoms with van der Waals surface area (Å²) in [7, 11) is 0. The van der Waals surface area contributed by atoms with Crippen LogP contribution in [0.2, 0.25) is 0 Å². The Kier molecular flexibility index (Phi) is 3.46. The van der Waals surface area contributed by atoms with E-state index in [0.717, 1.165) is 17.7 Å². The van der Waals surface area contributed by atoms with Crippen molar-refractivity contribution in [1.82, 2.24) is 0 Å². The number of aliphatic hydroxyl groups is 1. The van der Waals surface area contributed by atoms with Crippen LogP contribution in [0.25, 0.3) is 0 Å². The van der Waals surface area contributed by atoms with E-state index in [4.69, 9.17) is 5.11 Å². The molecule has 0 unspecified atom stereocenters. The molecule has 0 radical (unpaired) electrons. The van der Waals surface area contributed by atoms with Gasteiger partial charge in [0.15, 0.2) is 0 Å². The maximum atomic E-state index is 8.57. The maximum absolute atomic E-state index is 8.57. The lowest BCUT2D eigenvalue weighted by atomic mass is 10.1. The maximum Gasteiger partial charge on any atom is 0.0434 e. The van der Waals surface area contributed by atoms with Crippen molar-refractivity contribution in [1.29, 1.82) is 0 Å². The van der Waals surface area contributed by atoms with E-state index >= 15 is 0 Å². The molecule has 0 atom stereocenters. The minimum absolute atomic E-state index is 0.266. The molecule has 0 aliphatic heterocycles. The van der Waals surface area contributed by atoms with Crippen molar-refractivity contribution in [3.63, 3.8) is 0 Å². The molecular formula is C9H12OS. The van der Waals surface area contributed by atoms with Crippen molar-refractivity contribution in [2.45, 2.75) is 17.7 Å². The van der Waals surface area contributed by atoms with Crippen molar-refractivity contribution in [3.8, 4) is 0 Å². The van der Waals surface area contributed by atoms with Gasteiger partial charge in [-0.25, -0.2) is 0 Å². The second kappa shape index (κ2) is 4.42. The molecule has 1 N–H and O–H groups in total. The molecule has 1 rings (SSSR count). The predicted molar refractivity (Wildman–Crippen MR) is 49.1 cm³/mol. The molecule has 11 heavy (non-hydrogen) atoms. The van der Waals surface area contributed by atoms with E-state index in [1.165, 1.54) is 5.56 Å². The molecule has 0 spiro atoms. The normalized spacial score (nSPS) is 10.0. The summed E-state index contributed by atoms with van der Waals surface area (Å²) in [5, 5.41) is 8.57. The lowest BCUT2D eigenvalue weighted by Crippen LogP contribution is -1.88. The minimum Gasteiger partial charge on any atom is -0.396 e. The minimum atomic E-state index is 0.266. The second-order valence-electron chi connectivity index (χ2n) is 2.49. The zero-order valence-electron chi connectivity index (χ0n) is 6.33.